The number of amides is 1. The summed E-state index contributed by atoms with van der Waals surface area (Å²) < 4.78 is 12.4. The fraction of sp³-hybridized carbons (Fsp3) is 0.562. The molecule has 2 aromatic rings. The van der Waals surface area contributed by atoms with Gasteiger partial charge in [-0.15, -0.1) is 0 Å². The summed E-state index contributed by atoms with van der Waals surface area (Å²) in [6.07, 6.45) is 2.49. The predicted molar refractivity (Wildman–Crippen MR) is 86.3 cm³/mol. The molecule has 1 fully saturated rings. The van der Waals surface area contributed by atoms with E-state index in [-0.39, 0.29) is 11.9 Å². The Balaban J connectivity index is 1.61. The van der Waals surface area contributed by atoms with Gasteiger partial charge >= 0.3 is 0 Å². The summed E-state index contributed by atoms with van der Waals surface area (Å²) in [5.41, 5.74) is 1.27. The molecule has 1 saturated heterocycles. The lowest BCUT2D eigenvalue weighted by atomic mass is 10.1. The van der Waals surface area contributed by atoms with E-state index in [0.717, 1.165) is 38.4 Å². The van der Waals surface area contributed by atoms with Gasteiger partial charge in [0.2, 0.25) is 0 Å². The van der Waals surface area contributed by atoms with Gasteiger partial charge in [0.15, 0.2) is 11.5 Å². The van der Waals surface area contributed by atoms with Crippen molar-refractivity contribution in [1.29, 1.82) is 0 Å². The van der Waals surface area contributed by atoms with Gasteiger partial charge in [-0.25, -0.2) is 0 Å². The van der Waals surface area contributed by atoms with Crippen molar-refractivity contribution in [2.24, 2.45) is 7.05 Å². The lowest BCUT2D eigenvalue weighted by molar-refractivity contribution is 0.0305. The molecule has 0 radical (unpaired) electrons. The fourth-order valence-corrected chi connectivity index (χ4v) is 2.82. The number of aromatic nitrogens is 3. The van der Waals surface area contributed by atoms with Crippen molar-refractivity contribution in [3.05, 3.63) is 35.5 Å². The molecule has 0 saturated carbocycles. The Morgan fingerprint density at radius 1 is 1.42 bits per heavy atom. The highest BCUT2D eigenvalue weighted by Gasteiger charge is 2.20. The van der Waals surface area contributed by atoms with Crippen molar-refractivity contribution in [3.8, 4) is 0 Å². The van der Waals surface area contributed by atoms with Crippen molar-refractivity contribution >= 4 is 5.91 Å². The molecule has 2 aromatic heterocycles. The maximum Gasteiger partial charge on any atom is 0.274 e. The molecule has 1 N–H and O–H groups in total. The van der Waals surface area contributed by atoms with Crippen LogP contribution in [-0.2, 0) is 18.3 Å². The van der Waals surface area contributed by atoms with Gasteiger partial charge in [0.1, 0.15) is 0 Å². The van der Waals surface area contributed by atoms with Crippen LogP contribution in [0.1, 0.15) is 41.3 Å². The van der Waals surface area contributed by atoms with Crippen LogP contribution in [0.2, 0.25) is 0 Å². The molecule has 130 valence electrons. The molecule has 24 heavy (non-hydrogen) atoms. The van der Waals surface area contributed by atoms with Gasteiger partial charge in [-0.2, -0.15) is 5.10 Å². The van der Waals surface area contributed by atoms with E-state index >= 15 is 0 Å². The highest BCUT2D eigenvalue weighted by Crippen LogP contribution is 2.16. The van der Waals surface area contributed by atoms with E-state index in [9.17, 15) is 4.79 Å². The maximum absolute atomic E-state index is 12.4. The molecular weight excluding hydrogens is 310 g/mol. The van der Waals surface area contributed by atoms with Crippen LogP contribution in [0.15, 0.2) is 22.9 Å². The Morgan fingerprint density at radius 3 is 2.88 bits per heavy atom. The number of carbonyl (C=O) groups is 1. The molecule has 1 amide bonds. The largest absolute Gasteiger partial charge is 0.379 e. The Bertz CT molecular complexity index is 675. The molecule has 0 aromatic carbocycles. The lowest BCUT2D eigenvalue weighted by Gasteiger charge is -2.25. The van der Waals surface area contributed by atoms with Gasteiger partial charge in [0, 0.05) is 32.4 Å². The van der Waals surface area contributed by atoms with Crippen molar-refractivity contribution in [3.63, 3.8) is 0 Å². The van der Waals surface area contributed by atoms with Gasteiger partial charge in [0.05, 0.1) is 31.5 Å². The third-order valence-electron chi connectivity index (χ3n) is 4.20. The van der Waals surface area contributed by atoms with E-state index in [1.54, 1.807) is 16.9 Å². The molecule has 8 heteroatoms. The van der Waals surface area contributed by atoms with Crippen molar-refractivity contribution in [2.75, 3.05) is 26.3 Å². The number of rotatable bonds is 6. The standard InChI is InChI=1S/C16H23N5O3/c1-3-13(15-4-5-17-20(15)2)18-16(22)14-10-12(24-19-14)11-21-6-8-23-9-7-21/h4-5,10,13H,3,6-9,11H2,1-2H3,(H,18,22)/t13-/m1/s1. The van der Waals surface area contributed by atoms with Gasteiger partial charge in [0.25, 0.3) is 5.91 Å². The Kier molecular flexibility index (Phi) is 5.27. The van der Waals surface area contributed by atoms with Gasteiger partial charge < -0.3 is 14.6 Å². The summed E-state index contributed by atoms with van der Waals surface area (Å²) in [4.78, 5) is 14.6. The first-order chi connectivity index (χ1) is 11.7. The minimum Gasteiger partial charge on any atom is -0.379 e. The van der Waals surface area contributed by atoms with Crippen molar-refractivity contribution in [1.82, 2.24) is 25.2 Å². The predicted octanol–water partition coefficient (Wildman–Crippen LogP) is 1.12. The second-order valence-electron chi connectivity index (χ2n) is 5.88. The van der Waals surface area contributed by atoms with Crippen LogP contribution in [0, 0.1) is 0 Å². The maximum atomic E-state index is 12.4. The number of carbonyl (C=O) groups excluding carboxylic acids is 1. The van der Waals surface area contributed by atoms with Crippen LogP contribution in [0.5, 0.6) is 0 Å². The van der Waals surface area contributed by atoms with Crippen LogP contribution >= 0.6 is 0 Å². The topological polar surface area (TPSA) is 85.4 Å². The zero-order valence-electron chi connectivity index (χ0n) is 14.1. The molecule has 1 atom stereocenters. The van der Waals surface area contributed by atoms with E-state index in [1.165, 1.54) is 0 Å². The van der Waals surface area contributed by atoms with Gasteiger partial charge in [-0.3, -0.25) is 14.4 Å². The van der Waals surface area contributed by atoms with E-state index in [4.69, 9.17) is 9.26 Å². The van der Waals surface area contributed by atoms with E-state index in [0.29, 0.717) is 18.0 Å². The zero-order chi connectivity index (χ0) is 16.9. The third kappa shape index (κ3) is 3.82. The number of hydrogen-bond donors (Lipinski definition) is 1. The average molecular weight is 333 g/mol. The number of aryl methyl sites for hydroxylation is 1. The first kappa shape index (κ1) is 16.7. The second-order valence-corrected chi connectivity index (χ2v) is 5.88. The summed E-state index contributed by atoms with van der Waals surface area (Å²) in [7, 11) is 1.86. The molecule has 1 aliphatic rings. The zero-order valence-corrected chi connectivity index (χ0v) is 14.1. The lowest BCUT2D eigenvalue weighted by Crippen LogP contribution is -2.35. The molecule has 3 rings (SSSR count). The summed E-state index contributed by atoms with van der Waals surface area (Å²) >= 11 is 0. The molecule has 0 aliphatic carbocycles. The monoisotopic (exact) mass is 333 g/mol. The summed E-state index contributed by atoms with van der Waals surface area (Å²) in [6, 6.07) is 3.51. The number of nitrogens with zero attached hydrogens (tertiary/aromatic N) is 4. The minimum atomic E-state index is -0.236. The quantitative estimate of drug-likeness (QED) is 0.853. The smallest absolute Gasteiger partial charge is 0.274 e. The van der Waals surface area contributed by atoms with E-state index in [2.05, 4.69) is 20.5 Å². The number of morpholine rings is 1. The summed E-state index contributed by atoms with van der Waals surface area (Å²) in [6.45, 7) is 5.84. The Hall–Kier alpha value is -2.19. The summed E-state index contributed by atoms with van der Waals surface area (Å²) in [5.74, 6) is 0.454. The van der Waals surface area contributed by atoms with Crippen LogP contribution in [0.25, 0.3) is 0 Å². The average Bonchev–Trinajstić information content (AvgIpc) is 3.23. The van der Waals surface area contributed by atoms with Crippen molar-refractivity contribution in [2.45, 2.75) is 25.9 Å². The van der Waals surface area contributed by atoms with Gasteiger partial charge in [-0.1, -0.05) is 12.1 Å². The molecule has 0 spiro atoms. The van der Waals surface area contributed by atoms with Crippen LogP contribution in [-0.4, -0.2) is 52.0 Å². The molecular formula is C16H23N5O3. The molecule has 1 aliphatic heterocycles. The fourth-order valence-electron chi connectivity index (χ4n) is 2.82. The Morgan fingerprint density at radius 2 is 2.21 bits per heavy atom. The molecule has 0 bridgehead atoms. The minimum absolute atomic E-state index is 0.107. The Labute approximate surface area is 140 Å². The first-order valence-corrected chi connectivity index (χ1v) is 8.22. The van der Waals surface area contributed by atoms with Crippen molar-refractivity contribution < 1.29 is 14.1 Å². The molecule has 8 nitrogen and oxygen atoms in total. The highest BCUT2D eigenvalue weighted by molar-refractivity contribution is 5.92. The number of nitrogens with one attached hydrogen (secondary N) is 1. The number of ether oxygens (including phenoxy) is 1. The van der Waals surface area contributed by atoms with E-state index in [1.807, 2.05) is 20.0 Å². The third-order valence-corrected chi connectivity index (χ3v) is 4.20. The molecule has 3 heterocycles. The van der Waals surface area contributed by atoms with Crippen LogP contribution in [0.3, 0.4) is 0 Å². The summed E-state index contributed by atoms with van der Waals surface area (Å²) in [5, 5.41) is 11.0. The van der Waals surface area contributed by atoms with Crippen LogP contribution in [0.4, 0.5) is 0 Å². The second kappa shape index (κ2) is 7.59. The number of hydrogen-bond acceptors (Lipinski definition) is 6. The first-order valence-electron chi connectivity index (χ1n) is 8.22. The SMILES string of the molecule is CC[C@@H](NC(=O)c1cc(CN2CCOCC2)on1)c1ccnn1C. The molecule has 0 unspecified atom stereocenters. The van der Waals surface area contributed by atoms with E-state index < -0.39 is 0 Å². The normalized spacial score (nSPS) is 16.9. The van der Waals surface area contributed by atoms with Crippen LogP contribution < -0.4 is 5.32 Å². The van der Waals surface area contributed by atoms with Gasteiger partial charge in [-0.05, 0) is 12.5 Å². The highest BCUT2D eigenvalue weighted by atomic mass is 16.5.